The van der Waals surface area contributed by atoms with Crippen molar-refractivity contribution >= 4 is 0 Å². The molecule has 1 atom stereocenters. The molecule has 0 spiro atoms. The predicted octanol–water partition coefficient (Wildman–Crippen LogP) is 1.35. The van der Waals surface area contributed by atoms with Gasteiger partial charge in [0.2, 0.25) is 5.88 Å². The molecule has 1 rings (SSSR count). The van der Waals surface area contributed by atoms with Crippen molar-refractivity contribution in [3.63, 3.8) is 0 Å². The Morgan fingerprint density at radius 3 is 2.86 bits per heavy atom. The monoisotopic (exact) mass is 196 g/mol. The number of ether oxygens (including phenoxy) is 1. The molecule has 0 bridgehead atoms. The number of aliphatic hydroxyl groups is 1. The van der Waals surface area contributed by atoms with Crippen LogP contribution in [0.2, 0.25) is 0 Å². The number of hydrogen-bond acceptors (Lipinski definition) is 3. The summed E-state index contributed by atoms with van der Waals surface area (Å²) in [6.45, 7) is 5.44. The first-order valence-corrected chi connectivity index (χ1v) is 4.48. The number of hydrogen-bond donors (Lipinski definition) is 1. The van der Waals surface area contributed by atoms with Crippen molar-refractivity contribution in [3.05, 3.63) is 23.9 Å². The zero-order valence-electron chi connectivity index (χ0n) is 8.82. The van der Waals surface area contributed by atoms with Crippen molar-refractivity contribution in [1.29, 1.82) is 0 Å². The third-order valence-electron chi connectivity index (χ3n) is 2.13. The average Bonchev–Trinajstić information content (AvgIpc) is 2.40. The molecule has 78 valence electrons. The molecule has 0 saturated carbocycles. The van der Waals surface area contributed by atoms with Crippen molar-refractivity contribution in [2.75, 3.05) is 7.11 Å². The first-order chi connectivity index (χ1) is 6.61. The van der Waals surface area contributed by atoms with E-state index >= 15 is 0 Å². The van der Waals surface area contributed by atoms with Crippen LogP contribution >= 0.6 is 0 Å². The van der Waals surface area contributed by atoms with Crippen molar-refractivity contribution < 1.29 is 9.84 Å². The highest BCUT2D eigenvalue weighted by molar-refractivity contribution is 5.33. The number of aliphatic hydroxyl groups excluding tert-OH is 1. The lowest BCUT2D eigenvalue weighted by molar-refractivity contribution is 0.175. The summed E-state index contributed by atoms with van der Waals surface area (Å²) in [5, 5.41) is 14.0. The van der Waals surface area contributed by atoms with Crippen molar-refractivity contribution in [3.8, 4) is 5.88 Å². The second-order valence-corrected chi connectivity index (χ2v) is 3.17. The summed E-state index contributed by atoms with van der Waals surface area (Å²) in [4.78, 5) is 0. The third kappa shape index (κ3) is 1.80. The fourth-order valence-corrected chi connectivity index (χ4v) is 1.55. The average molecular weight is 196 g/mol. The van der Waals surface area contributed by atoms with Crippen LogP contribution in [0, 0.1) is 6.92 Å². The molecule has 4 heteroatoms. The summed E-state index contributed by atoms with van der Waals surface area (Å²) in [5.74, 6) is 0.608. The summed E-state index contributed by atoms with van der Waals surface area (Å²) < 4.78 is 6.79. The van der Waals surface area contributed by atoms with E-state index < -0.39 is 6.10 Å². The number of aromatic nitrogens is 2. The van der Waals surface area contributed by atoms with Gasteiger partial charge < -0.3 is 9.84 Å². The molecule has 4 nitrogen and oxygen atoms in total. The summed E-state index contributed by atoms with van der Waals surface area (Å²) in [7, 11) is 3.36. The van der Waals surface area contributed by atoms with E-state index in [9.17, 15) is 5.11 Å². The van der Waals surface area contributed by atoms with Gasteiger partial charge in [0.25, 0.3) is 0 Å². The van der Waals surface area contributed by atoms with E-state index in [1.165, 1.54) is 0 Å². The lowest BCUT2D eigenvalue weighted by Gasteiger charge is -2.09. The highest BCUT2D eigenvalue weighted by Gasteiger charge is 2.20. The minimum absolute atomic E-state index is 0.503. The van der Waals surface area contributed by atoms with E-state index in [1.54, 1.807) is 24.9 Å². The number of aryl methyl sites for hydroxylation is 2. The van der Waals surface area contributed by atoms with Crippen LogP contribution in [0.3, 0.4) is 0 Å². The van der Waals surface area contributed by atoms with Crippen LogP contribution in [-0.4, -0.2) is 22.0 Å². The van der Waals surface area contributed by atoms with Gasteiger partial charge in [-0.1, -0.05) is 6.08 Å². The lowest BCUT2D eigenvalue weighted by Crippen LogP contribution is -2.01. The molecule has 1 unspecified atom stereocenters. The van der Waals surface area contributed by atoms with Crippen LogP contribution in [0.1, 0.15) is 23.8 Å². The smallest absolute Gasteiger partial charge is 0.217 e. The minimum Gasteiger partial charge on any atom is -0.481 e. The molecule has 0 aliphatic rings. The zero-order chi connectivity index (χ0) is 10.7. The second-order valence-electron chi connectivity index (χ2n) is 3.17. The van der Waals surface area contributed by atoms with E-state index in [1.807, 2.05) is 6.92 Å². The van der Waals surface area contributed by atoms with Gasteiger partial charge in [-0.3, -0.25) is 0 Å². The van der Waals surface area contributed by atoms with Gasteiger partial charge in [-0.15, -0.1) is 6.58 Å². The van der Waals surface area contributed by atoms with Crippen LogP contribution in [0.5, 0.6) is 5.88 Å². The van der Waals surface area contributed by atoms with Gasteiger partial charge in [0.05, 0.1) is 24.5 Å². The van der Waals surface area contributed by atoms with Gasteiger partial charge in [0.1, 0.15) is 0 Å². The predicted molar refractivity (Wildman–Crippen MR) is 54.3 cm³/mol. The van der Waals surface area contributed by atoms with Crippen LogP contribution in [-0.2, 0) is 7.05 Å². The summed E-state index contributed by atoms with van der Waals surface area (Å²) in [6.07, 6.45) is 1.59. The van der Waals surface area contributed by atoms with Crippen LogP contribution in [0.25, 0.3) is 0 Å². The molecule has 0 saturated heterocycles. The fourth-order valence-electron chi connectivity index (χ4n) is 1.55. The molecule has 0 aliphatic heterocycles. The number of methoxy groups -OCH3 is 1. The Bertz CT molecular complexity index is 331. The van der Waals surface area contributed by atoms with Gasteiger partial charge in [0, 0.05) is 7.05 Å². The number of rotatable bonds is 4. The van der Waals surface area contributed by atoms with Crippen LogP contribution in [0.15, 0.2) is 12.7 Å². The van der Waals surface area contributed by atoms with Gasteiger partial charge in [-0.05, 0) is 13.3 Å². The van der Waals surface area contributed by atoms with E-state index in [0.29, 0.717) is 12.3 Å². The standard InChI is InChI=1S/C10H16N2O2/c1-5-6-8(13)9-7(2)11-12(3)10(9)14-4/h5,8,13H,1,6H2,2-4H3. The Morgan fingerprint density at radius 2 is 2.36 bits per heavy atom. The minimum atomic E-state index is -0.587. The first kappa shape index (κ1) is 10.8. The van der Waals surface area contributed by atoms with E-state index in [0.717, 1.165) is 11.3 Å². The van der Waals surface area contributed by atoms with Gasteiger partial charge in [-0.25, -0.2) is 4.68 Å². The Hall–Kier alpha value is -1.29. The number of nitrogens with zero attached hydrogens (tertiary/aromatic N) is 2. The Balaban J connectivity index is 3.10. The van der Waals surface area contributed by atoms with Crippen molar-refractivity contribution in [1.82, 2.24) is 9.78 Å². The molecule has 1 aromatic rings. The molecule has 0 radical (unpaired) electrons. The third-order valence-corrected chi connectivity index (χ3v) is 2.13. The molecule has 14 heavy (non-hydrogen) atoms. The molecular formula is C10H16N2O2. The molecule has 0 amide bonds. The van der Waals surface area contributed by atoms with Crippen LogP contribution < -0.4 is 4.74 Å². The second kappa shape index (κ2) is 4.28. The van der Waals surface area contributed by atoms with E-state index in [2.05, 4.69) is 11.7 Å². The Kier molecular flexibility index (Phi) is 3.30. The summed E-state index contributed by atoms with van der Waals surface area (Å²) >= 11 is 0. The molecule has 0 aromatic carbocycles. The molecule has 1 heterocycles. The zero-order valence-corrected chi connectivity index (χ0v) is 8.82. The van der Waals surface area contributed by atoms with Crippen molar-refractivity contribution in [2.45, 2.75) is 19.4 Å². The topological polar surface area (TPSA) is 47.3 Å². The van der Waals surface area contributed by atoms with E-state index in [-0.39, 0.29) is 0 Å². The largest absolute Gasteiger partial charge is 0.481 e. The summed E-state index contributed by atoms with van der Waals surface area (Å²) in [5.41, 5.74) is 1.54. The van der Waals surface area contributed by atoms with Crippen LogP contribution in [0.4, 0.5) is 0 Å². The maximum absolute atomic E-state index is 9.82. The molecular weight excluding hydrogens is 180 g/mol. The summed E-state index contributed by atoms with van der Waals surface area (Å²) in [6, 6.07) is 0. The highest BCUT2D eigenvalue weighted by Crippen LogP contribution is 2.29. The van der Waals surface area contributed by atoms with Gasteiger partial charge in [-0.2, -0.15) is 5.10 Å². The van der Waals surface area contributed by atoms with E-state index in [4.69, 9.17) is 4.74 Å². The maximum atomic E-state index is 9.82. The molecule has 0 fully saturated rings. The molecule has 1 aromatic heterocycles. The fraction of sp³-hybridized carbons (Fsp3) is 0.500. The first-order valence-electron chi connectivity index (χ1n) is 4.48. The SMILES string of the molecule is C=CCC(O)c1c(C)nn(C)c1OC. The lowest BCUT2D eigenvalue weighted by atomic mass is 10.1. The Morgan fingerprint density at radius 1 is 1.71 bits per heavy atom. The van der Waals surface area contributed by atoms with Gasteiger partial charge >= 0.3 is 0 Å². The highest BCUT2D eigenvalue weighted by atomic mass is 16.5. The molecule has 0 aliphatic carbocycles. The Labute approximate surface area is 83.8 Å². The van der Waals surface area contributed by atoms with Crippen molar-refractivity contribution in [2.24, 2.45) is 7.05 Å². The quantitative estimate of drug-likeness (QED) is 0.739. The maximum Gasteiger partial charge on any atom is 0.217 e. The molecule has 1 N–H and O–H groups in total. The normalized spacial score (nSPS) is 12.6. The van der Waals surface area contributed by atoms with Gasteiger partial charge in [0.15, 0.2) is 0 Å².